The lowest BCUT2D eigenvalue weighted by molar-refractivity contribution is 0.0815. The molecule has 0 saturated carbocycles. The third-order valence-electron chi connectivity index (χ3n) is 2.93. The number of anilines is 1. The van der Waals surface area contributed by atoms with Crippen molar-refractivity contribution in [2.24, 2.45) is 5.73 Å². The highest BCUT2D eigenvalue weighted by Crippen LogP contribution is 2.23. The van der Waals surface area contributed by atoms with E-state index in [0.29, 0.717) is 28.3 Å². The second-order valence-electron chi connectivity index (χ2n) is 4.64. The first-order valence-electron chi connectivity index (χ1n) is 6.60. The molecule has 0 fully saturated rings. The Hall–Kier alpha value is -2.12. The van der Waals surface area contributed by atoms with Gasteiger partial charge in [-0.25, -0.2) is 8.78 Å². The van der Waals surface area contributed by atoms with Gasteiger partial charge in [-0.2, -0.15) is 0 Å². The zero-order chi connectivity index (χ0) is 16.1. The van der Waals surface area contributed by atoms with Crippen molar-refractivity contribution < 1.29 is 22.7 Å². The molecule has 5 nitrogen and oxygen atoms in total. The van der Waals surface area contributed by atoms with Crippen LogP contribution in [-0.4, -0.2) is 18.9 Å². The van der Waals surface area contributed by atoms with Crippen LogP contribution in [0.4, 0.5) is 14.5 Å². The Bertz CT molecular complexity index is 662. The van der Waals surface area contributed by atoms with Gasteiger partial charge < -0.3 is 20.2 Å². The molecule has 2 aromatic rings. The fraction of sp³-hybridized carbons (Fsp3) is 0.267. The maximum absolute atomic E-state index is 12.2. The summed E-state index contributed by atoms with van der Waals surface area (Å²) >= 11 is 0. The van der Waals surface area contributed by atoms with Gasteiger partial charge in [0.05, 0.1) is 12.1 Å². The van der Waals surface area contributed by atoms with E-state index in [2.05, 4.69) is 5.32 Å². The number of hydrogen-bond donors (Lipinski definition) is 2. The Morgan fingerprint density at radius 1 is 1.39 bits per heavy atom. The molecule has 1 heterocycles. The van der Waals surface area contributed by atoms with Crippen LogP contribution in [0.1, 0.15) is 21.7 Å². The van der Waals surface area contributed by atoms with Gasteiger partial charge in [0, 0.05) is 11.8 Å². The smallest absolute Gasteiger partial charge is 0.272 e. The van der Waals surface area contributed by atoms with E-state index in [1.807, 2.05) is 0 Å². The number of ether oxygens (including phenoxy) is 1. The molecule has 0 unspecified atom stereocenters. The van der Waals surface area contributed by atoms with Crippen molar-refractivity contribution in [2.75, 3.05) is 11.9 Å². The Balaban J connectivity index is 0.00000264. The van der Waals surface area contributed by atoms with Gasteiger partial charge >= 0.3 is 0 Å². The fourth-order valence-corrected chi connectivity index (χ4v) is 1.80. The first-order chi connectivity index (χ1) is 10.5. The van der Waals surface area contributed by atoms with E-state index in [0.717, 1.165) is 0 Å². The standard InChI is InChI=1S/C15H16F2N2O3.ClH/c1-9-2-3-11(5-13(9)22-8-14(16)17)19-15(20)10-4-12(6-18)21-7-10;/h2-5,7,14H,6,8,18H2,1H3,(H,19,20);1H. The average molecular weight is 347 g/mol. The van der Waals surface area contributed by atoms with Crippen molar-refractivity contribution in [1.29, 1.82) is 0 Å². The van der Waals surface area contributed by atoms with Crippen LogP contribution in [-0.2, 0) is 6.54 Å². The lowest BCUT2D eigenvalue weighted by Crippen LogP contribution is -2.12. The molecule has 23 heavy (non-hydrogen) atoms. The van der Waals surface area contributed by atoms with Crippen LogP contribution in [0.15, 0.2) is 34.9 Å². The van der Waals surface area contributed by atoms with Crippen LogP contribution in [0.25, 0.3) is 0 Å². The summed E-state index contributed by atoms with van der Waals surface area (Å²) in [7, 11) is 0. The van der Waals surface area contributed by atoms with Crippen LogP contribution in [0.3, 0.4) is 0 Å². The number of halogens is 3. The number of benzene rings is 1. The van der Waals surface area contributed by atoms with E-state index < -0.39 is 13.0 Å². The number of nitrogens with one attached hydrogen (secondary N) is 1. The molecule has 1 aromatic carbocycles. The summed E-state index contributed by atoms with van der Waals surface area (Å²) in [5.41, 5.74) is 6.88. The quantitative estimate of drug-likeness (QED) is 0.840. The molecular formula is C15H17ClF2N2O3. The van der Waals surface area contributed by atoms with Crippen LogP contribution in [0, 0.1) is 6.92 Å². The molecule has 0 bridgehead atoms. The minimum absolute atomic E-state index is 0. The molecule has 0 aliphatic carbocycles. The third kappa shape index (κ3) is 5.22. The molecule has 0 spiro atoms. The third-order valence-corrected chi connectivity index (χ3v) is 2.93. The highest BCUT2D eigenvalue weighted by molar-refractivity contribution is 6.04. The summed E-state index contributed by atoms with van der Waals surface area (Å²) in [4.78, 5) is 12.0. The van der Waals surface area contributed by atoms with Gasteiger partial charge in [-0.05, 0) is 24.6 Å². The average Bonchev–Trinajstić information content (AvgIpc) is 2.96. The molecular weight excluding hydrogens is 330 g/mol. The molecule has 3 N–H and O–H groups in total. The normalized spacial score (nSPS) is 10.3. The largest absolute Gasteiger partial charge is 0.487 e. The number of alkyl halides is 2. The zero-order valence-corrected chi connectivity index (χ0v) is 13.2. The summed E-state index contributed by atoms with van der Waals surface area (Å²) in [6.45, 7) is 1.24. The van der Waals surface area contributed by atoms with Gasteiger partial charge in [-0.3, -0.25) is 4.79 Å². The predicted octanol–water partition coefficient (Wildman–Crippen LogP) is 3.36. The summed E-state index contributed by atoms with van der Waals surface area (Å²) in [6.07, 6.45) is -1.25. The van der Waals surface area contributed by atoms with Crippen molar-refractivity contribution in [3.05, 3.63) is 47.4 Å². The number of rotatable bonds is 6. The molecule has 8 heteroatoms. The van der Waals surface area contributed by atoms with E-state index in [1.54, 1.807) is 19.1 Å². The first kappa shape index (κ1) is 18.9. The van der Waals surface area contributed by atoms with E-state index in [9.17, 15) is 13.6 Å². The van der Waals surface area contributed by atoms with Crippen molar-refractivity contribution >= 4 is 24.0 Å². The van der Waals surface area contributed by atoms with Gasteiger partial charge in [0.1, 0.15) is 24.4 Å². The topological polar surface area (TPSA) is 77.5 Å². The number of carbonyl (C=O) groups excluding carboxylic acids is 1. The Kier molecular flexibility index (Phi) is 6.99. The lowest BCUT2D eigenvalue weighted by Gasteiger charge is -2.11. The lowest BCUT2D eigenvalue weighted by atomic mass is 10.2. The highest BCUT2D eigenvalue weighted by atomic mass is 35.5. The van der Waals surface area contributed by atoms with Crippen molar-refractivity contribution in [2.45, 2.75) is 19.9 Å². The summed E-state index contributed by atoms with van der Waals surface area (Å²) in [5, 5.41) is 2.64. The monoisotopic (exact) mass is 346 g/mol. The second-order valence-corrected chi connectivity index (χ2v) is 4.64. The van der Waals surface area contributed by atoms with Gasteiger partial charge in [0.15, 0.2) is 0 Å². The number of furan rings is 1. The molecule has 1 amide bonds. The van der Waals surface area contributed by atoms with E-state index >= 15 is 0 Å². The maximum atomic E-state index is 12.2. The highest BCUT2D eigenvalue weighted by Gasteiger charge is 2.12. The number of aryl methyl sites for hydroxylation is 1. The van der Waals surface area contributed by atoms with E-state index in [4.69, 9.17) is 14.9 Å². The molecule has 0 aliphatic rings. The Labute approximate surface area is 138 Å². The van der Waals surface area contributed by atoms with Crippen molar-refractivity contribution in [3.8, 4) is 5.75 Å². The van der Waals surface area contributed by atoms with Crippen LogP contribution >= 0.6 is 12.4 Å². The molecule has 126 valence electrons. The first-order valence-corrected chi connectivity index (χ1v) is 6.60. The van der Waals surface area contributed by atoms with Gasteiger partial charge in [0.2, 0.25) is 0 Å². The van der Waals surface area contributed by atoms with Gasteiger partial charge in [-0.1, -0.05) is 6.07 Å². The molecule has 0 saturated heterocycles. The van der Waals surface area contributed by atoms with Crippen LogP contribution < -0.4 is 15.8 Å². The number of hydrogen-bond acceptors (Lipinski definition) is 4. The van der Waals surface area contributed by atoms with Crippen LogP contribution in [0.5, 0.6) is 5.75 Å². The Morgan fingerprint density at radius 3 is 2.74 bits per heavy atom. The minimum atomic E-state index is -2.56. The summed E-state index contributed by atoms with van der Waals surface area (Å²) in [5.74, 6) is 0.412. The van der Waals surface area contributed by atoms with E-state index in [-0.39, 0.29) is 24.9 Å². The molecule has 2 rings (SSSR count). The predicted molar refractivity (Wildman–Crippen MR) is 84.5 cm³/mol. The number of carbonyl (C=O) groups is 1. The minimum Gasteiger partial charge on any atom is -0.487 e. The maximum Gasteiger partial charge on any atom is 0.272 e. The summed E-state index contributed by atoms with van der Waals surface area (Å²) < 4.78 is 34.5. The fourth-order valence-electron chi connectivity index (χ4n) is 1.80. The number of nitrogens with two attached hydrogens (primary N) is 1. The Morgan fingerprint density at radius 2 is 2.13 bits per heavy atom. The van der Waals surface area contributed by atoms with Gasteiger partial charge in [-0.15, -0.1) is 12.4 Å². The zero-order valence-electron chi connectivity index (χ0n) is 12.3. The molecule has 1 aromatic heterocycles. The molecule has 0 radical (unpaired) electrons. The van der Waals surface area contributed by atoms with Crippen molar-refractivity contribution in [3.63, 3.8) is 0 Å². The number of amides is 1. The molecule has 0 aliphatic heterocycles. The SMILES string of the molecule is Cc1ccc(NC(=O)c2coc(CN)c2)cc1OCC(F)F.Cl. The van der Waals surface area contributed by atoms with Gasteiger partial charge in [0.25, 0.3) is 12.3 Å². The molecule has 0 atom stereocenters. The second kappa shape index (κ2) is 8.50. The van der Waals surface area contributed by atoms with Crippen molar-refractivity contribution in [1.82, 2.24) is 0 Å². The van der Waals surface area contributed by atoms with E-state index in [1.165, 1.54) is 18.4 Å². The van der Waals surface area contributed by atoms with Crippen LogP contribution in [0.2, 0.25) is 0 Å². The summed E-state index contributed by atoms with van der Waals surface area (Å²) in [6, 6.07) is 6.38.